The first-order valence-corrected chi connectivity index (χ1v) is 10.5. The van der Waals surface area contributed by atoms with E-state index < -0.39 is 44.4 Å². The van der Waals surface area contributed by atoms with Gasteiger partial charge >= 0.3 is 0 Å². The number of benzene rings is 2. The Balaban J connectivity index is 1.80. The van der Waals surface area contributed by atoms with Crippen molar-refractivity contribution in [3.63, 3.8) is 0 Å². The fourth-order valence-corrected chi connectivity index (χ4v) is 4.08. The van der Waals surface area contributed by atoms with Crippen molar-refractivity contribution >= 4 is 39.1 Å². The third-order valence-corrected chi connectivity index (χ3v) is 6.60. The third-order valence-electron chi connectivity index (χ3n) is 4.90. The zero-order chi connectivity index (χ0) is 23.8. The molecular weight excluding hydrogens is 444 g/mol. The van der Waals surface area contributed by atoms with E-state index in [9.17, 15) is 32.9 Å². The maximum atomic E-state index is 12.7. The molecule has 0 saturated carbocycles. The van der Waals surface area contributed by atoms with Crippen molar-refractivity contribution in [1.82, 2.24) is 9.37 Å². The monoisotopic (exact) mass is 462 g/mol. The maximum absolute atomic E-state index is 12.7. The van der Waals surface area contributed by atoms with Gasteiger partial charge in [-0.1, -0.05) is 10.5 Å². The number of nitrogens with one attached hydrogen (secondary N) is 1. The van der Waals surface area contributed by atoms with Gasteiger partial charge in [0.15, 0.2) is 0 Å². The Hall–Kier alpha value is -3.68. The Bertz CT molecular complexity index is 1230. The molecule has 168 valence electrons. The molecule has 0 fully saturated rings. The molecule has 32 heavy (non-hydrogen) atoms. The summed E-state index contributed by atoms with van der Waals surface area (Å²) in [5.41, 5.74) is -0.822. The van der Waals surface area contributed by atoms with Crippen molar-refractivity contribution in [1.29, 1.82) is 0 Å². The van der Waals surface area contributed by atoms with E-state index in [1.807, 2.05) is 0 Å². The summed E-state index contributed by atoms with van der Waals surface area (Å²) in [6.45, 7) is 1.30. The Labute approximate surface area is 182 Å². The molecule has 0 aliphatic carbocycles. The zero-order valence-electron chi connectivity index (χ0n) is 17.1. The molecule has 1 N–H and O–H groups in total. The lowest BCUT2D eigenvalue weighted by atomic mass is 10.1. The molecule has 3 rings (SSSR count). The van der Waals surface area contributed by atoms with Crippen LogP contribution >= 0.6 is 0 Å². The van der Waals surface area contributed by atoms with Gasteiger partial charge in [-0.25, -0.2) is 8.42 Å². The summed E-state index contributed by atoms with van der Waals surface area (Å²) in [7, 11) is -1.46. The second kappa shape index (κ2) is 8.45. The highest BCUT2D eigenvalue weighted by molar-refractivity contribution is 7.89. The zero-order valence-corrected chi connectivity index (χ0v) is 18.0. The van der Waals surface area contributed by atoms with Crippen LogP contribution in [0.1, 0.15) is 27.6 Å². The second-order valence-corrected chi connectivity index (χ2v) is 8.66. The maximum Gasteiger partial charge on any atom is 0.282 e. The van der Waals surface area contributed by atoms with Crippen molar-refractivity contribution in [2.24, 2.45) is 0 Å². The minimum Gasteiger partial charge on any atom is -0.324 e. The molecule has 1 aliphatic heterocycles. The van der Waals surface area contributed by atoms with Crippen LogP contribution in [-0.4, -0.2) is 60.6 Å². The quantitative estimate of drug-likeness (QED) is 0.368. The number of fused-ring (bicyclic) bond motifs is 1. The van der Waals surface area contributed by atoms with E-state index in [0.29, 0.717) is 9.37 Å². The standard InChI is InChI=1S/C19H18N4O8S/c1-11(22-18(25)14-5-4-6-15(23(27)28)16(14)19(22)26)17(24)20-12-7-9-13(10-8-12)32(29,30)21(2)31-3/h4-11H,1-3H3,(H,20,24). The van der Waals surface area contributed by atoms with Crippen LogP contribution in [0.3, 0.4) is 0 Å². The molecule has 2 aromatic carbocycles. The van der Waals surface area contributed by atoms with E-state index in [2.05, 4.69) is 10.2 Å². The molecule has 0 aromatic heterocycles. The third kappa shape index (κ3) is 3.84. The molecule has 1 heterocycles. The smallest absolute Gasteiger partial charge is 0.282 e. The number of hydrogen-bond donors (Lipinski definition) is 1. The predicted molar refractivity (Wildman–Crippen MR) is 110 cm³/mol. The van der Waals surface area contributed by atoms with E-state index in [1.54, 1.807) is 0 Å². The largest absolute Gasteiger partial charge is 0.324 e. The molecule has 0 radical (unpaired) electrons. The number of hydroxylamine groups is 1. The van der Waals surface area contributed by atoms with Crippen molar-refractivity contribution in [2.75, 3.05) is 19.5 Å². The Morgan fingerprint density at radius 3 is 2.34 bits per heavy atom. The first-order chi connectivity index (χ1) is 15.0. The normalized spacial score (nSPS) is 14.4. The molecule has 12 nitrogen and oxygen atoms in total. The molecule has 3 amide bonds. The van der Waals surface area contributed by atoms with Crippen molar-refractivity contribution in [2.45, 2.75) is 17.9 Å². The summed E-state index contributed by atoms with van der Waals surface area (Å²) in [5.74, 6) is -2.50. The number of nitro groups is 1. The molecule has 1 aliphatic rings. The highest BCUT2D eigenvalue weighted by Gasteiger charge is 2.44. The first-order valence-electron chi connectivity index (χ1n) is 9.10. The van der Waals surface area contributed by atoms with Crippen LogP contribution < -0.4 is 5.32 Å². The van der Waals surface area contributed by atoms with Crippen molar-refractivity contribution < 1.29 is 32.6 Å². The van der Waals surface area contributed by atoms with Crippen LogP contribution in [0.5, 0.6) is 0 Å². The summed E-state index contributed by atoms with van der Waals surface area (Å²) >= 11 is 0. The first kappa shape index (κ1) is 23.0. The Morgan fingerprint density at radius 1 is 1.16 bits per heavy atom. The lowest BCUT2D eigenvalue weighted by molar-refractivity contribution is -0.385. The van der Waals surface area contributed by atoms with Gasteiger partial charge in [-0.15, -0.1) is 0 Å². The number of carbonyl (C=O) groups excluding carboxylic acids is 3. The molecular formula is C19H18N4O8S. The summed E-state index contributed by atoms with van der Waals surface area (Å²) < 4.78 is 25.1. The predicted octanol–water partition coefficient (Wildman–Crippen LogP) is 1.40. The number of nitro benzene ring substituents is 1. The number of imide groups is 1. The fourth-order valence-electron chi connectivity index (χ4n) is 3.11. The Kier molecular flexibility index (Phi) is 6.07. The van der Waals surface area contributed by atoms with Gasteiger partial charge in [-0.2, -0.15) is 0 Å². The number of rotatable bonds is 7. The average molecular weight is 462 g/mol. The van der Waals surface area contributed by atoms with Crippen LogP contribution in [0.15, 0.2) is 47.4 Å². The van der Waals surface area contributed by atoms with Crippen molar-refractivity contribution in [3.8, 4) is 0 Å². The number of anilines is 1. The number of sulfonamides is 1. The van der Waals surface area contributed by atoms with Gasteiger partial charge in [0, 0.05) is 18.8 Å². The second-order valence-electron chi connectivity index (χ2n) is 6.72. The topological polar surface area (TPSA) is 156 Å². The van der Waals surface area contributed by atoms with Gasteiger partial charge in [-0.3, -0.25) is 34.2 Å². The van der Waals surface area contributed by atoms with Gasteiger partial charge in [0.1, 0.15) is 11.6 Å². The van der Waals surface area contributed by atoms with Crippen molar-refractivity contribution in [3.05, 3.63) is 63.7 Å². The van der Waals surface area contributed by atoms with E-state index in [0.717, 1.165) is 6.07 Å². The molecule has 0 spiro atoms. The number of amides is 3. The Morgan fingerprint density at radius 2 is 1.78 bits per heavy atom. The van der Waals surface area contributed by atoms with Gasteiger partial charge in [-0.05, 0) is 37.3 Å². The van der Waals surface area contributed by atoms with Crippen LogP contribution in [0.2, 0.25) is 0 Å². The molecule has 1 atom stereocenters. The van der Waals surface area contributed by atoms with Crippen LogP contribution in [-0.2, 0) is 19.7 Å². The van der Waals surface area contributed by atoms with Gasteiger partial charge < -0.3 is 5.32 Å². The van der Waals surface area contributed by atoms with Crippen LogP contribution in [0.4, 0.5) is 11.4 Å². The summed E-state index contributed by atoms with van der Waals surface area (Å²) in [5, 5.41) is 13.7. The molecule has 0 bridgehead atoms. The van der Waals surface area contributed by atoms with Gasteiger partial charge in [0.2, 0.25) is 5.91 Å². The minimum atomic E-state index is -3.87. The SMILES string of the molecule is CON(C)S(=O)(=O)c1ccc(NC(=O)C(C)N2C(=O)c3cccc([N+](=O)[O-])c3C2=O)cc1. The van der Waals surface area contributed by atoms with Crippen LogP contribution in [0, 0.1) is 10.1 Å². The molecule has 13 heteroatoms. The minimum absolute atomic E-state index is 0.0828. The summed E-state index contributed by atoms with van der Waals surface area (Å²) in [6, 6.07) is 7.53. The number of carbonyl (C=O) groups is 3. The van der Waals surface area contributed by atoms with Gasteiger partial charge in [0.25, 0.3) is 27.5 Å². The average Bonchev–Trinajstić information content (AvgIpc) is 3.02. The van der Waals surface area contributed by atoms with Gasteiger partial charge in [0.05, 0.1) is 22.5 Å². The van der Waals surface area contributed by atoms with E-state index in [4.69, 9.17) is 0 Å². The highest BCUT2D eigenvalue weighted by Crippen LogP contribution is 2.32. The lowest BCUT2D eigenvalue weighted by Gasteiger charge is -2.21. The highest BCUT2D eigenvalue weighted by atomic mass is 32.2. The fraction of sp³-hybridized carbons (Fsp3) is 0.211. The number of nitrogens with zero attached hydrogens (tertiary/aromatic N) is 3. The van der Waals surface area contributed by atoms with Crippen LogP contribution in [0.25, 0.3) is 0 Å². The number of hydrogen-bond acceptors (Lipinski definition) is 8. The van der Waals surface area contributed by atoms with E-state index in [1.165, 1.54) is 57.5 Å². The molecule has 2 aromatic rings. The lowest BCUT2D eigenvalue weighted by Crippen LogP contribution is -2.45. The molecule has 1 unspecified atom stereocenters. The molecule has 0 saturated heterocycles. The summed E-state index contributed by atoms with van der Waals surface area (Å²) in [6.07, 6.45) is 0. The van der Waals surface area contributed by atoms with E-state index in [-0.39, 0.29) is 21.7 Å². The summed E-state index contributed by atoms with van der Waals surface area (Å²) in [4.78, 5) is 53.7. The van der Waals surface area contributed by atoms with E-state index >= 15 is 0 Å².